The highest BCUT2D eigenvalue weighted by Crippen LogP contribution is 2.57. The van der Waals surface area contributed by atoms with Crippen LogP contribution in [0.4, 0.5) is 9.59 Å². The molecule has 6 heterocycles. The lowest BCUT2D eigenvalue weighted by atomic mass is 9.85. The summed E-state index contributed by atoms with van der Waals surface area (Å²) in [7, 11) is -6.02. The van der Waals surface area contributed by atoms with E-state index in [0.29, 0.717) is 73.8 Å². The Kier molecular flexibility index (Phi) is 22.9. The second-order valence-corrected chi connectivity index (χ2v) is 37.6. The lowest BCUT2D eigenvalue weighted by Crippen LogP contribution is -2.57. The molecule has 10 aliphatic rings. The van der Waals surface area contributed by atoms with Gasteiger partial charge in [-0.3, -0.25) is 33.4 Å². The van der Waals surface area contributed by atoms with E-state index in [1.165, 1.54) is 16.9 Å². The quantitative estimate of drug-likeness (QED) is 0.0505. The molecule has 586 valence electrons. The summed E-state index contributed by atoms with van der Waals surface area (Å²) in [5.74, 6) is -2.16. The van der Waals surface area contributed by atoms with E-state index in [0.717, 1.165) is 97.6 Å². The first-order valence-electron chi connectivity index (χ1n) is 38.2. The Morgan fingerprint density at radius 3 is 1.45 bits per heavy atom. The summed E-state index contributed by atoms with van der Waals surface area (Å²) < 4.78 is 82.2. The second kappa shape index (κ2) is 31.2. The van der Waals surface area contributed by atoms with Crippen LogP contribution in [0.25, 0.3) is 22.1 Å². The highest BCUT2D eigenvalue weighted by atomic mass is 32.2. The van der Waals surface area contributed by atoms with Gasteiger partial charge in [0.2, 0.25) is 49.5 Å². The van der Waals surface area contributed by atoms with E-state index in [9.17, 15) is 55.2 Å². The van der Waals surface area contributed by atoms with Gasteiger partial charge in [-0.2, -0.15) is 0 Å². The van der Waals surface area contributed by atoms with Crippen molar-refractivity contribution in [2.45, 2.75) is 255 Å². The number of Topliss-reactive ketones (excluding diaryl/α,β-unsaturated/α-hetero) is 1. The molecule has 108 heavy (non-hydrogen) atoms. The zero-order valence-corrected chi connectivity index (χ0v) is 65.0. The Bertz CT molecular complexity index is 4440. The fourth-order valence-corrected chi connectivity index (χ4v) is 18.0. The van der Waals surface area contributed by atoms with Crippen molar-refractivity contribution in [3.63, 3.8) is 0 Å². The van der Waals surface area contributed by atoms with E-state index in [1.54, 1.807) is 12.2 Å². The minimum absolute atomic E-state index is 0.0242. The molecule has 4 aliphatic heterocycles. The third-order valence-corrected chi connectivity index (χ3v) is 26.3. The fraction of sp³-hybridized carbons (Fsp3) is 0.641. The minimum atomic E-state index is -3.85. The predicted octanol–water partition coefficient (Wildman–Crippen LogP) is 8.30. The molecule has 6 N–H and O–H groups in total. The van der Waals surface area contributed by atoms with E-state index < -0.39 is 136 Å². The summed E-state index contributed by atoms with van der Waals surface area (Å²) in [5, 5.41) is 4.62. The van der Waals surface area contributed by atoms with Gasteiger partial charge in [-0.1, -0.05) is 91.5 Å². The summed E-state index contributed by atoms with van der Waals surface area (Å²) in [5.41, 5.74) is 8.57. The van der Waals surface area contributed by atoms with E-state index >= 15 is 0 Å². The van der Waals surface area contributed by atoms with E-state index in [1.807, 2.05) is 96.5 Å². The normalized spacial score (nSPS) is 30.2. The maximum absolute atomic E-state index is 14.6. The van der Waals surface area contributed by atoms with Gasteiger partial charge in [0.15, 0.2) is 5.78 Å². The number of esters is 1. The maximum atomic E-state index is 14.6. The number of benzene rings is 2. The molecule has 28 nitrogen and oxygen atoms in total. The number of carbonyl (C=O) groups excluding carboxylic acids is 8. The number of ether oxygens (including phenoxy) is 5. The number of allylic oxidation sites excluding steroid dienone is 1. The van der Waals surface area contributed by atoms with Gasteiger partial charge in [0, 0.05) is 25.2 Å². The second-order valence-electron chi connectivity index (χ2n) is 33.7. The van der Waals surface area contributed by atoms with Crippen LogP contribution in [0.15, 0.2) is 61.7 Å². The molecular formula is C78H105N11O17S2. The zero-order chi connectivity index (χ0) is 77.7. The number of fused-ring (bicyclic) bond motifs is 10. The Morgan fingerprint density at radius 2 is 1.04 bits per heavy atom. The lowest BCUT2D eigenvalue weighted by molar-refractivity contribution is -0.152. The van der Waals surface area contributed by atoms with Crippen LogP contribution in [0, 0.1) is 53.8 Å². The Labute approximate surface area is 631 Å². The highest BCUT2D eigenvalue weighted by Gasteiger charge is 2.62. The average molecular weight is 1530 g/mol. The Morgan fingerprint density at radius 1 is 0.593 bits per heavy atom. The summed E-state index contributed by atoms with van der Waals surface area (Å²) in [6, 6.07) is 8.04. The molecular weight excluding hydrogens is 1430 g/mol. The largest absolute Gasteiger partial charge is 0.471 e. The van der Waals surface area contributed by atoms with Crippen molar-refractivity contribution >= 4 is 89.7 Å². The summed E-state index contributed by atoms with van der Waals surface area (Å²) in [4.78, 5) is 129. The SMILES string of the molecule is C=C[C@@H]1C[C@]1(CC(=O)[C@@H]1CC2CN1C(=O)[C@H](C(C)(C)C)NC(=O)O[C@@H]1C[C@H]1CCCCCc1nc3ccc(C)cc3nc1O2)C(=O)NS(=O)(=O)C1CC1.C=C[C@@H]1C[C@]1(N)C(=O)NS(=O)(=O)C1CC1.COC(=O)[C@@H]1CC2CN1C(=O)[C@H](C(C)(C)C)NC(=O)O[C@@H]1C[C@H]1CCCCCc1nc3ccc(C)cc3nc1O2. The molecule has 6 aliphatic carbocycles. The van der Waals surface area contributed by atoms with Crippen LogP contribution in [0.1, 0.15) is 186 Å². The fourth-order valence-electron chi connectivity index (χ4n) is 15.3. The first kappa shape index (κ1) is 79.2. The molecule has 2 saturated heterocycles. The number of sulfonamides is 2. The molecule has 6 saturated carbocycles. The highest BCUT2D eigenvalue weighted by molar-refractivity contribution is 7.91. The molecule has 2 unspecified atom stereocenters. The van der Waals surface area contributed by atoms with Gasteiger partial charge in [-0.05, 0) is 168 Å². The zero-order valence-electron chi connectivity index (χ0n) is 63.4. The van der Waals surface area contributed by atoms with Crippen molar-refractivity contribution in [3.05, 3.63) is 84.2 Å². The van der Waals surface area contributed by atoms with Crippen molar-refractivity contribution in [2.75, 3.05) is 20.2 Å². The third kappa shape index (κ3) is 18.4. The third-order valence-electron chi connectivity index (χ3n) is 22.7. The van der Waals surface area contributed by atoms with Crippen LogP contribution in [0.5, 0.6) is 11.8 Å². The standard InChI is InChI=1S/C39H51N5O8S.C30H40N4O6.C9H14N2O3S/c1-6-24-19-39(24,36(47)43-53(49,50)26-13-14-26)20-31(45)30-18-25-21-44(30)35(46)33(38(3,4)5)42-37(48)52-32-17-23(32)10-8-7-9-11-28-34(51-25)41-29-16-22(2)12-15-27(29)40-28;1-17-11-12-20-22(13-17)32-26-21(31-20)10-8-6-7-9-18-14-24(18)40-29(37)33-25(30(2,3)4)27(35)34-16-19(39-26)15-23(34)28(36)38-5;1-2-6-5-9(6,10)8(12)11-15(13,14)7-3-4-7/h6,12,15-16,23-26,30,32-33H,1,7-11,13-14,17-21H2,2-5H3,(H,42,48)(H,43,47);11-13,18-19,23-25H,6-10,14-16H2,1-5H3,(H,33,37);2,6-7H,1,3-5,10H2,(H,11,12)/t23-,24-,25?,30+,32-,33-,39-;18-,19?,23+,24-,25-;6-,9-/m111/s1. The molecule has 30 heteroatoms. The van der Waals surface area contributed by atoms with Crippen LogP contribution in [0.3, 0.4) is 0 Å². The van der Waals surface area contributed by atoms with E-state index in [2.05, 4.69) is 28.5 Å². The molecule has 2 aromatic carbocycles. The summed E-state index contributed by atoms with van der Waals surface area (Å²) >= 11 is 0. The van der Waals surface area contributed by atoms with Crippen molar-refractivity contribution in [1.82, 2.24) is 49.8 Å². The number of aromatic nitrogens is 4. The maximum Gasteiger partial charge on any atom is 0.408 e. The predicted molar refractivity (Wildman–Crippen MR) is 399 cm³/mol. The molecule has 6 amide bonds. The van der Waals surface area contributed by atoms with Crippen molar-refractivity contribution in [1.29, 1.82) is 0 Å². The molecule has 2 aromatic heterocycles. The van der Waals surface area contributed by atoms with Crippen LogP contribution >= 0.6 is 0 Å². The number of alkyl carbamates (subject to hydrolysis) is 2. The van der Waals surface area contributed by atoms with Gasteiger partial charge in [-0.25, -0.2) is 51.2 Å². The number of hydrogen-bond acceptors (Lipinski definition) is 22. The molecule has 0 spiro atoms. The number of rotatable bonds is 12. The van der Waals surface area contributed by atoms with Gasteiger partial charge in [-0.15, -0.1) is 13.2 Å². The summed E-state index contributed by atoms with van der Waals surface area (Å²) in [6.07, 6.45) is 14.1. The first-order chi connectivity index (χ1) is 51.0. The number of nitrogens with one attached hydrogen (secondary N) is 4. The topological polar surface area (TPSA) is 383 Å². The van der Waals surface area contributed by atoms with E-state index in [4.69, 9.17) is 49.4 Å². The monoisotopic (exact) mass is 1530 g/mol. The number of nitrogens with zero attached hydrogens (tertiary/aromatic N) is 6. The molecule has 0 radical (unpaired) electrons. The first-order valence-corrected chi connectivity index (χ1v) is 41.3. The number of ketones is 1. The lowest BCUT2D eigenvalue weighted by Gasteiger charge is -2.35. The van der Waals surface area contributed by atoms with Gasteiger partial charge >= 0.3 is 18.2 Å². The van der Waals surface area contributed by atoms with Gasteiger partial charge in [0.05, 0.1) is 64.2 Å². The van der Waals surface area contributed by atoms with E-state index in [-0.39, 0.29) is 68.7 Å². The molecule has 4 aromatic rings. The Balaban J connectivity index is 0.000000173. The molecule has 4 bridgehead atoms. The number of aryl methyl sites for hydroxylation is 4. The van der Waals surface area contributed by atoms with Crippen molar-refractivity contribution < 1.29 is 78.9 Å². The number of hydrogen-bond donors (Lipinski definition) is 5. The van der Waals surface area contributed by atoms with Gasteiger partial charge < -0.3 is 49.9 Å². The molecule has 14 atom stereocenters. The number of nitrogens with two attached hydrogens (primary N) is 1. The molecule has 8 fully saturated rings. The number of carbonyl (C=O) groups is 8. The average Bonchev–Trinajstić information content (AvgIpc) is 1.58. The van der Waals surface area contributed by atoms with Gasteiger partial charge in [0.25, 0.3) is 5.91 Å². The van der Waals surface area contributed by atoms with Crippen LogP contribution in [-0.2, 0) is 75.9 Å². The number of methoxy groups -OCH3 is 1. The van der Waals surface area contributed by atoms with Crippen molar-refractivity contribution in [3.8, 4) is 11.8 Å². The smallest absolute Gasteiger partial charge is 0.408 e. The number of amides is 6. The summed E-state index contributed by atoms with van der Waals surface area (Å²) in [6.45, 7) is 22.6. The minimum Gasteiger partial charge on any atom is -0.471 e. The Hall–Kier alpha value is -8.38. The van der Waals surface area contributed by atoms with Gasteiger partial charge in [0.1, 0.15) is 59.5 Å². The molecule has 14 rings (SSSR count). The van der Waals surface area contributed by atoms with Crippen molar-refractivity contribution in [2.24, 2.45) is 45.7 Å². The van der Waals surface area contributed by atoms with Crippen LogP contribution in [0.2, 0.25) is 0 Å². The van der Waals surface area contributed by atoms with Crippen LogP contribution in [-0.4, -0.2) is 179 Å². The van der Waals surface area contributed by atoms with Crippen LogP contribution < -0.4 is 35.3 Å².